The van der Waals surface area contributed by atoms with Crippen LogP contribution in [0.2, 0.25) is 0 Å². The molecule has 1 aliphatic rings. The Kier molecular flexibility index (Phi) is 7.12. The Bertz CT molecular complexity index is 1380. The van der Waals surface area contributed by atoms with E-state index in [0.717, 1.165) is 28.6 Å². The van der Waals surface area contributed by atoms with Crippen LogP contribution in [0.1, 0.15) is 20.8 Å². The maximum absolute atomic E-state index is 11.4. The highest BCUT2D eigenvalue weighted by molar-refractivity contribution is 5.89. The van der Waals surface area contributed by atoms with Gasteiger partial charge >= 0.3 is 0 Å². The lowest BCUT2D eigenvalue weighted by atomic mass is 10.1. The molecule has 1 aliphatic heterocycles. The molecule has 9 nitrogen and oxygen atoms in total. The standard InChI is InChI=1S/C25H27N7O2.C2H6/c1-16(33)27-17-6-5-7-19(14-17)34-24-20-10-11-26-23(20)29-25(30-24)28-18-8-9-21-22(15-18)32(3,4)13-12-31(21)2;1-2/h5-11,14-15H,12-13H2,1-4H3,(H2-,26,27,28,29,30,33);1-2H3/p+1. The maximum Gasteiger partial charge on any atom is 0.233 e. The van der Waals surface area contributed by atoms with Crippen molar-refractivity contribution in [1.29, 1.82) is 0 Å². The number of amides is 1. The molecule has 2 aromatic carbocycles. The zero-order valence-electron chi connectivity index (χ0n) is 21.7. The summed E-state index contributed by atoms with van der Waals surface area (Å²) < 4.78 is 6.93. The average Bonchev–Trinajstić information content (AvgIpc) is 3.32. The van der Waals surface area contributed by atoms with Crippen LogP contribution < -0.4 is 24.8 Å². The van der Waals surface area contributed by atoms with Gasteiger partial charge in [0.15, 0.2) is 5.69 Å². The molecule has 3 N–H and O–H groups in total. The molecule has 0 saturated heterocycles. The number of likely N-dealkylation sites (N-methyl/N-ethyl adjacent to an activating group) is 2. The molecule has 0 fully saturated rings. The van der Waals surface area contributed by atoms with Crippen molar-refractivity contribution in [2.24, 2.45) is 0 Å². The highest BCUT2D eigenvalue weighted by Gasteiger charge is 2.30. The predicted molar refractivity (Wildman–Crippen MR) is 148 cm³/mol. The molecule has 0 saturated carbocycles. The molecule has 0 radical (unpaired) electrons. The molecule has 2 aromatic heterocycles. The van der Waals surface area contributed by atoms with E-state index in [2.05, 4.69) is 63.8 Å². The summed E-state index contributed by atoms with van der Waals surface area (Å²) in [5.74, 6) is 1.27. The van der Waals surface area contributed by atoms with Gasteiger partial charge in [0.25, 0.3) is 0 Å². The van der Waals surface area contributed by atoms with Gasteiger partial charge in [0.2, 0.25) is 17.7 Å². The summed E-state index contributed by atoms with van der Waals surface area (Å²) >= 11 is 0. The van der Waals surface area contributed by atoms with E-state index in [1.165, 1.54) is 18.3 Å². The van der Waals surface area contributed by atoms with Crippen molar-refractivity contribution < 1.29 is 9.53 Å². The number of aromatic amines is 1. The van der Waals surface area contributed by atoms with Crippen molar-refractivity contribution in [2.75, 3.05) is 49.8 Å². The first-order valence-electron chi connectivity index (χ1n) is 12.1. The highest BCUT2D eigenvalue weighted by Crippen LogP contribution is 2.38. The molecular formula is C27H34N7O2+. The molecule has 1 amide bonds. The van der Waals surface area contributed by atoms with Crippen molar-refractivity contribution in [3.8, 4) is 11.6 Å². The number of aromatic nitrogens is 3. The Morgan fingerprint density at radius 1 is 1.08 bits per heavy atom. The van der Waals surface area contributed by atoms with E-state index in [1.807, 2.05) is 38.1 Å². The zero-order chi connectivity index (χ0) is 25.9. The van der Waals surface area contributed by atoms with Crippen LogP contribution in [0.4, 0.5) is 28.7 Å². The number of benzene rings is 2. The number of anilines is 4. The van der Waals surface area contributed by atoms with Crippen LogP contribution in [-0.4, -0.2) is 55.1 Å². The van der Waals surface area contributed by atoms with E-state index < -0.39 is 0 Å². The van der Waals surface area contributed by atoms with E-state index in [9.17, 15) is 4.79 Å². The molecule has 0 bridgehead atoms. The van der Waals surface area contributed by atoms with Crippen LogP contribution in [-0.2, 0) is 4.79 Å². The maximum atomic E-state index is 11.4. The van der Waals surface area contributed by atoms with E-state index in [0.29, 0.717) is 28.9 Å². The van der Waals surface area contributed by atoms with Crippen LogP contribution in [0.15, 0.2) is 54.7 Å². The summed E-state index contributed by atoms with van der Waals surface area (Å²) in [6.07, 6.45) is 1.80. The molecular weight excluding hydrogens is 454 g/mol. The van der Waals surface area contributed by atoms with Crippen molar-refractivity contribution in [3.05, 3.63) is 54.7 Å². The third-order valence-corrected chi connectivity index (χ3v) is 6.04. The number of hydrogen-bond donors (Lipinski definition) is 3. The van der Waals surface area contributed by atoms with Gasteiger partial charge in [-0.05, 0) is 30.3 Å². The summed E-state index contributed by atoms with van der Waals surface area (Å²) in [4.78, 5) is 26.1. The Morgan fingerprint density at radius 3 is 2.67 bits per heavy atom. The Labute approximate surface area is 211 Å². The van der Waals surface area contributed by atoms with E-state index >= 15 is 0 Å². The first-order valence-corrected chi connectivity index (χ1v) is 12.1. The third-order valence-electron chi connectivity index (χ3n) is 6.04. The summed E-state index contributed by atoms with van der Waals surface area (Å²) in [7, 11) is 6.56. The van der Waals surface area contributed by atoms with Crippen molar-refractivity contribution >= 4 is 45.6 Å². The molecule has 0 unspecified atom stereocenters. The van der Waals surface area contributed by atoms with Gasteiger partial charge in [-0.3, -0.25) is 9.28 Å². The summed E-state index contributed by atoms with van der Waals surface area (Å²) in [6.45, 7) is 7.52. The fourth-order valence-corrected chi connectivity index (χ4v) is 4.18. The molecule has 3 heterocycles. The molecule has 0 aliphatic carbocycles. The quantitative estimate of drug-likeness (QED) is 0.321. The molecule has 0 atom stereocenters. The van der Waals surface area contributed by atoms with Crippen LogP contribution >= 0.6 is 0 Å². The molecule has 5 rings (SSSR count). The number of H-pyrrole nitrogens is 1. The average molecular weight is 489 g/mol. The number of nitrogens with zero attached hydrogens (tertiary/aromatic N) is 4. The minimum absolute atomic E-state index is 0.142. The third kappa shape index (κ3) is 5.26. The van der Waals surface area contributed by atoms with Crippen molar-refractivity contribution in [1.82, 2.24) is 19.4 Å². The predicted octanol–water partition coefficient (Wildman–Crippen LogP) is 5.50. The molecule has 36 heavy (non-hydrogen) atoms. The lowest BCUT2D eigenvalue weighted by Crippen LogP contribution is -2.50. The largest absolute Gasteiger partial charge is 0.438 e. The van der Waals surface area contributed by atoms with E-state index in [1.54, 1.807) is 18.3 Å². The van der Waals surface area contributed by atoms with Gasteiger partial charge in [0.05, 0.1) is 31.7 Å². The Balaban J connectivity index is 0.00000148. The molecule has 0 spiro atoms. The van der Waals surface area contributed by atoms with Crippen LogP contribution in [0.5, 0.6) is 11.6 Å². The Morgan fingerprint density at radius 2 is 1.89 bits per heavy atom. The van der Waals surface area contributed by atoms with Gasteiger partial charge in [-0.2, -0.15) is 9.97 Å². The number of fused-ring (bicyclic) bond motifs is 2. The molecule has 188 valence electrons. The van der Waals surface area contributed by atoms with Crippen LogP contribution in [0.25, 0.3) is 11.0 Å². The summed E-state index contributed by atoms with van der Waals surface area (Å²) in [5.41, 5.74) is 4.70. The van der Waals surface area contributed by atoms with Crippen molar-refractivity contribution in [3.63, 3.8) is 0 Å². The zero-order valence-corrected chi connectivity index (χ0v) is 21.7. The first-order chi connectivity index (χ1) is 17.3. The van der Waals surface area contributed by atoms with E-state index in [-0.39, 0.29) is 5.91 Å². The van der Waals surface area contributed by atoms with Gasteiger partial charge in [-0.15, -0.1) is 0 Å². The first kappa shape index (κ1) is 25.0. The number of nitrogens with one attached hydrogen (secondary N) is 3. The van der Waals surface area contributed by atoms with E-state index in [4.69, 9.17) is 4.74 Å². The number of quaternary nitrogens is 1. The highest BCUT2D eigenvalue weighted by atomic mass is 16.5. The fraction of sp³-hybridized carbons (Fsp3) is 0.296. The van der Waals surface area contributed by atoms with Gasteiger partial charge in [0, 0.05) is 43.7 Å². The number of carbonyl (C=O) groups is 1. The number of ether oxygens (including phenoxy) is 1. The normalized spacial score (nSPS) is 13.9. The molecule has 4 aromatic rings. The second-order valence-corrected chi connectivity index (χ2v) is 9.06. The van der Waals surface area contributed by atoms with Crippen molar-refractivity contribution in [2.45, 2.75) is 20.8 Å². The Hall–Kier alpha value is -4.11. The summed E-state index contributed by atoms with van der Waals surface area (Å²) in [6, 6.07) is 15.4. The van der Waals surface area contributed by atoms with Gasteiger partial charge in [-0.25, -0.2) is 0 Å². The monoisotopic (exact) mass is 488 g/mol. The van der Waals surface area contributed by atoms with Gasteiger partial charge in [-0.1, -0.05) is 19.9 Å². The number of hydrogen-bond acceptors (Lipinski definition) is 6. The number of carbonyl (C=O) groups excluding carboxylic acids is 1. The number of rotatable bonds is 5. The second kappa shape index (κ2) is 10.2. The summed E-state index contributed by atoms with van der Waals surface area (Å²) in [5, 5.41) is 6.88. The van der Waals surface area contributed by atoms with Crippen LogP contribution in [0, 0.1) is 0 Å². The fourth-order valence-electron chi connectivity index (χ4n) is 4.18. The lowest BCUT2D eigenvalue weighted by Gasteiger charge is -2.39. The topological polar surface area (TPSA) is 95.2 Å². The minimum atomic E-state index is -0.142. The van der Waals surface area contributed by atoms with Gasteiger partial charge in [0.1, 0.15) is 17.9 Å². The lowest BCUT2D eigenvalue weighted by molar-refractivity contribution is -0.114. The SMILES string of the molecule is CC.CC(=O)Nc1cccc(Oc2nc(Nc3ccc4c(c3)[N+](C)(C)CCN4C)nc3[nH]ccc23)c1. The van der Waals surface area contributed by atoms with Crippen LogP contribution in [0.3, 0.4) is 0 Å². The van der Waals surface area contributed by atoms with Gasteiger partial charge < -0.3 is 25.3 Å². The smallest absolute Gasteiger partial charge is 0.233 e. The second-order valence-electron chi connectivity index (χ2n) is 9.06. The minimum Gasteiger partial charge on any atom is -0.438 e. The molecule has 9 heteroatoms.